The predicted octanol–water partition coefficient (Wildman–Crippen LogP) is 3.17. The molecule has 3 aliphatic rings. The predicted molar refractivity (Wildman–Crippen MR) is 133 cm³/mol. The highest BCUT2D eigenvalue weighted by Gasteiger charge is 2.33. The van der Waals surface area contributed by atoms with Crippen LogP contribution in [-0.4, -0.2) is 58.9 Å². The van der Waals surface area contributed by atoms with E-state index in [1.165, 1.54) is 0 Å². The first-order valence-corrected chi connectivity index (χ1v) is 12.7. The fourth-order valence-corrected chi connectivity index (χ4v) is 5.07. The number of benzene rings is 1. The third-order valence-electron chi connectivity index (χ3n) is 7.15. The summed E-state index contributed by atoms with van der Waals surface area (Å²) in [6.45, 7) is 3.41. The van der Waals surface area contributed by atoms with E-state index in [0.29, 0.717) is 51.8 Å². The van der Waals surface area contributed by atoms with Crippen LogP contribution in [0.2, 0.25) is 0 Å². The number of hydrogen-bond acceptors (Lipinski definition) is 5. The van der Waals surface area contributed by atoms with Crippen LogP contribution in [0.3, 0.4) is 0 Å². The Balaban J connectivity index is 1.35. The lowest BCUT2D eigenvalue weighted by molar-refractivity contribution is -0.135. The molecule has 7 heteroatoms. The molecule has 0 spiro atoms. The molecule has 2 bridgehead atoms. The van der Waals surface area contributed by atoms with Crippen molar-refractivity contribution < 1.29 is 14.3 Å². The lowest BCUT2D eigenvalue weighted by atomic mass is 9.82. The summed E-state index contributed by atoms with van der Waals surface area (Å²) in [6, 6.07) is 12.4. The molecule has 35 heavy (non-hydrogen) atoms. The molecule has 1 saturated heterocycles. The van der Waals surface area contributed by atoms with Gasteiger partial charge in [-0.2, -0.15) is 0 Å². The Kier molecular flexibility index (Phi) is 7.42. The third kappa shape index (κ3) is 6.48. The van der Waals surface area contributed by atoms with Crippen molar-refractivity contribution in [3.63, 3.8) is 0 Å². The number of ether oxygens (including phenoxy) is 1. The molecule has 5 rings (SSSR count). The van der Waals surface area contributed by atoms with Gasteiger partial charge in [0.15, 0.2) is 0 Å². The Hall–Kier alpha value is -3.19. The summed E-state index contributed by atoms with van der Waals surface area (Å²) in [4.78, 5) is 34.3. The number of amides is 2. The van der Waals surface area contributed by atoms with Gasteiger partial charge in [0.05, 0.1) is 6.54 Å². The smallest absolute Gasteiger partial charge is 0.236 e. The lowest BCUT2D eigenvalue weighted by Crippen LogP contribution is -2.47. The van der Waals surface area contributed by atoms with Gasteiger partial charge in [-0.1, -0.05) is 30.4 Å². The second-order valence-electron chi connectivity index (χ2n) is 9.95. The minimum absolute atomic E-state index is 0.135. The summed E-state index contributed by atoms with van der Waals surface area (Å²) in [5.74, 6) is 1.50. The van der Waals surface area contributed by atoms with Gasteiger partial charge in [0.1, 0.15) is 12.4 Å². The zero-order valence-electron chi connectivity index (χ0n) is 20.1. The summed E-state index contributed by atoms with van der Waals surface area (Å²) in [7, 11) is 0. The Morgan fingerprint density at radius 2 is 1.91 bits per heavy atom. The Bertz CT molecular complexity index is 1050. The van der Waals surface area contributed by atoms with Gasteiger partial charge in [0, 0.05) is 56.6 Å². The lowest BCUT2D eigenvalue weighted by Gasteiger charge is -2.38. The second-order valence-corrected chi connectivity index (χ2v) is 9.95. The number of para-hydroxylation sites is 1. The van der Waals surface area contributed by atoms with E-state index < -0.39 is 0 Å². The molecule has 1 aliphatic carbocycles. The number of hydrogen-bond donors (Lipinski definition) is 1. The van der Waals surface area contributed by atoms with Crippen molar-refractivity contribution in [1.29, 1.82) is 0 Å². The van der Waals surface area contributed by atoms with Gasteiger partial charge in [-0.3, -0.25) is 19.5 Å². The van der Waals surface area contributed by atoms with E-state index in [2.05, 4.69) is 27.3 Å². The number of pyridine rings is 1. The van der Waals surface area contributed by atoms with Crippen molar-refractivity contribution in [1.82, 2.24) is 20.1 Å². The van der Waals surface area contributed by atoms with Crippen LogP contribution < -0.4 is 10.1 Å². The third-order valence-corrected chi connectivity index (χ3v) is 7.15. The van der Waals surface area contributed by atoms with E-state index in [-0.39, 0.29) is 23.7 Å². The molecule has 1 N–H and O–H groups in total. The van der Waals surface area contributed by atoms with Crippen molar-refractivity contribution in [3.05, 3.63) is 72.1 Å². The van der Waals surface area contributed by atoms with Gasteiger partial charge < -0.3 is 15.0 Å². The van der Waals surface area contributed by atoms with Crippen molar-refractivity contribution >= 4 is 11.8 Å². The first kappa shape index (κ1) is 23.5. The number of carbonyl (C=O) groups excluding carboxylic acids is 2. The first-order chi connectivity index (χ1) is 17.1. The average molecular weight is 475 g/mol. The molecule has 1 aromatic carbocycles. The van der Waals surface area contributed by atoms with E-state index in [4.69, 9.17) is 4.74 Å². The number of nitrogens with zero attached hydrogens (tertiary/aromatic N) is 3. The maximum absolute atomic E-state index is 13.5. The number of fused-ring (bicyclic) bond motifs is 3. The highest BCUT2D eigenvalue weighted by molar-refractivity contribution is 5.79. The number of piperidine rings is 1. The van der Waals surface area contributed by atoms with Gasteiger partial charge in [-0.25, -0.2) is 0 Å². The zero-order valence-corrected chi connectivity index (χ0v) is 20.1. The van der Waals surface area contributed by atoms with Crippen LogP contribution in [0.1, 0.15) is 36.8 Å². The van der Waals surface area contributed by atoms with Crippen molar-refractivity contribution in [2.45, 2.75) is 44.8 Å². The topological polar surface area (TPSA) is 74.8 Å². The average Bonchev–Trinajstić information content (AvgIpc) is 3.67. The Morgan fingerprint density at radius 3 is 2.74 bits per heavy atom. The highest BCUT2D eigenvalue weighted by Crippen LogP contribution is 2.30. The van der Waals surface area contributed by atoms with Gasteiger partial charge in [-0.05, 0) is 54.9 Å². The monoisotopic (exact) mass is 474 g/mol. The van der Waals surface area contributed by atoms with Gasteiger partial charge in [0.25, 0.3) is 0 Å². The van der Waals surface area contributed by atoms with Crippen LogP contribution in [0.5, 0.6) is 5.75 Å². The first-order valence-electron chi connectivity index (χ1n) is 12.7. The summed E-state index contributed by atoms with van der Waals surface area (Å²) in [6.07, 6.45) is 11.3. The fraction of sp³-hybridized carbons (Fsp3) is 0.464. The molecule has 3 heterocycles. The largest absolute Gasteiger partial charge is 0.489 e. The maximum atomic E-state index is 13.5. The Morgan fingerprint density at radius 1 is 1.09 bits per heavy atom. The second kappa shape index (κ2) is 11.0. The molecule has 2 aliphatic heterocycles. The maximum Gasteiger partial charge on any atom is 0.236 e. The number of aromatic nitrogens is 1. The van der Waals surface area contributed by atoms with Crippen molar-refractivity contribution in [3.8, 4) is 5.75 Å². The van der Waals surface area contributed by atoms with Crippen LogP contribution in [0.25, 0.3) is 0 Å². The summed E-state index contributed by atoms with van der Waals surface area (Å²) < 4.78 is 6.14. The summed E-state index contributed by atoms with van der Waals surface area (Å²) in [5, 5.41) is 3.12. The van der Waals surface area contributed by atoms with Crippen molar-refractivity contribution in [2.24, 2.45) is 11.8 Å². The SMILES string of the molecule is O=C(C[C@@H]1CCN2C[C@@H]1/C=C/COc1ccccc1CN(Cc1ccncc1)CC2=O)NC1CC1. The molecule has 1 aromatic heterocycles. The minimum atomic E-state index is 0.135. The van der Waals surface area contributed by atoms with E-state index in [1.54, 1.807) is 12.4 Å². The fourth-order valence-electron chi connectivity index (χ4n) is 5.07. The molecule has 7 nitrogen and oxygen atoms in total. The van der Waals surface area contributed by atoms with Crippen LogP contribution >= 0.6 is 0 Å². The van der Waals surface area contributed by atoms with E-state index in [0.717, 1.165) is 36.1 Å². The quantitative estimate of drug-likeness (QED) is 0.674. The van der Waals surface area contributed by atoms with E-state index in [9.17, 15) is 9.59 Å². The van der Waals surface area contributed by atoms with Gasteiger partial charge in [0.2, 0.25) is 11.8 Å². The molecule has 2 amide bonds. The van der Waals surface area contributed by atoms with Crippen LogP contribution in [-0.2, 0) is 22.7 Å². The van der Waals surface area contributed by atoms with Crippen LogP contribution in [0.15, 0.2) is 60.9 Å². The number of nitrogens with one attached hydrogen (secondary N) is 1. The summed E-state index contributed by atoms with van der Waals surface area (Å²) >= 11 is 0. The van der Waals surface area contributed by atoms with Crippen LogP contribution in [0, 0.1) is 11.8 Å². The van der Waals surface area contributed by atoms with Gasteiger partial charge in [-0.15, -0.1) is 0 Å². The molecule has 184 valence electrons. The Labute approximate surface area is 207 Å². The zero-order chi connectivity index (χ0) is 24.0. The number of carbonyl (C=O) groups is 2. The minimum Gasteiger partial charge on any atom is -0.489 e. The van der Waals surface area contributed by atoms with Gasteiger partial charge >= 0.3 is 0 Å². The summed E-state index contributed by atoms with van der Waals surface area (Å²) in [5.41, 5.74) is 2.19. The van der Waals surface area contributed by atoms with E-state index in [1.807, 2.05) is 41.3 Å². The molecule has 0 radical (unpaired) electrons. The molecule has 1 saturated carbocycles. The molecule has 2 atom stereocenters. The highest BCUT2D eigenvalue weighted by atomic mass is 16.5. The van der Waals surface area contributed by atoms with Crippen LogP contribution in [0.4, 0.5) is 0 Å². The molecular formula is C28H34N4O3. The normalized spacial score (nSPS) is 24.2. The standard InChI is InChI=1S/C28H34N4O3/c33-27(30-25-7-8-25)16-22-11-14-32-19-23(22)5-3-15-35-26-6-2-1-4-24(26)18-31(20-28(32)34)17-21-9-12-29-13-10-21/h1-6,9-10,12-13,22-23,25H,7-8,11,14-20H2,(H,30,33)/b5-3+/t22-,23-/m0/s1. The van der Waals surface area contributed by atoms with Crippen molar-refractivity contribution in [2.75, 3.05) is 26.2 Å². The molecular weight excluding hydrogens is 440 g/mol. The van der Waals surface area contributed by atoms with E-state index >= 15 is 0 Å². The number of rotatable bonds is 5. The molecule has 0 unspecified atom stereocenters. The molecule has 2 aromatic rings. The molecule has 2 fully saturated rings.